The maximum atomic E-state index is 11.7. The van der Waals surface area contributed by atoms with Crippen LogP contribution in [0.25, 0.3) is 0 Å². The lowest BCUT2D eigenvalue weighted by atomic mass is 10.1. The summed E-state index contributed by atoms with van der Waals surface area (Å²) in [5.74, 6) is 0.377. The summed E-state index contributed by atoms with van der Waals surface area (Å²) < 4.78 is 0. The third-order valence-electron chi connectivity index (χ3n) is 3.53. The number of hydrogen-bond acceptors (Lipinski definition) is 3. The summed E-state index contributed by atoms with van der Waals surface area (Å²) in [6.45, 7) is 1.59. The van der Waals surface area contributed by atoms with Crippen LogP contribution in [0.2, 0.25) is 0 Å². The number of carbonyl (C=O) groups excluding carboxylic acids is 1. The van der Waals surface area contributed by atoms with Crippen LogP contribution < -0.4 is 10.6 Å². The monoisotopic (exact) mass is 212 g/mol. The number of nitrogens with one attached hydrogen (secondary N) is 2. The first kappa shape index (κ1) is 10.9. The minimum absolute atomic E-state index is 0.00328. The van der Waals surface area contributed by atoms with E-state index in [-0.39, 0.29) is 24.0 Å². The number of amides is 1. The summed E-state index contributed by atoms with van der Waals surface area (Å²) in [5, 5.41) is 15.7. The Hall–Kier alpha value is -0.610. The predicted molar refractivity (Wildman–Crippen MR) is 57.4 cm³/mol. The van der Waals surface area contributed by atoms with Crippen LogP contribution in [0.3, 0.4) is 0 Å². The largest absolute Gasteiger partial charge is 0.393 e. The third kappa shape index (κ3) is 2.69. The Labute approximate surface area is 90.4 Å². The second-order valence-electron chi connectivity index (χ2n) is 4.65. The molecule has 2 aliphatic rings. The van der Waals surface area contributed by atoms with Gasteiger partial charge in [0.05, 0.1) is 12.1 Å². The summed E-state index contributed by atoms with van der Waals surface area (Å²) in [5.41, 5.74) is 0. The van der Waals surface area contributed by atoms with Gasteiger partial charge in [-0.15, -0.1) is 0 Å². The Kier molecular flexibility index (Phi) is 3.59. The highest BCUT2D eigenvalue weighted by atomic mass is 16.3. The molecule has 0 bridgehead atoms. The molecule has 1 saturated heterocycles. The smallest absolute Gasteiger partial charge is 0.237 e. The zero-order valence-corrected chi connectivity index (χ0v) is 9.04. The Bertz CT molecular complexity index is 227. The lowest BCUT2D eigenvalue weighted by Crippen LogP contribution is -2.43. The lowest BCUT2D eigenvalue weighted by Gasteiger charge is -2.17. The van der Waals surface area contributed by atoms with Gasteiger partial charge in [0.1, 0.15) is 0 Å². The first-order valence-electron chi connectivity index (χ1n) is 5.96. The zero-order chi connectivity index (χ0) is 10.7. The van der Waals surface area contributed by atoms with Crippen LogP contribution in [-0.4, -0.2) is 36.2 Å². The molecule has 0 aromatic rings. The van der Waals surface area contributed by atoms with Gasteiger partial charge in [0.2, 0.25) is 5.91 Å². The number of aliphatic hydroxyl groups is 1. The van der Waals surface area contributed by atoms with E-state index < -0.39 is 0 Å². The van der Waals surface area contributed by atoms with Gasteiger partial charge in [-0.3, -0.25) is 4.79 Å². The molecule has 0 aromatic carbocycles. The van der Waals surface area contributed by atoms with Crippen LogP contribution in [0.4, 0.5) is 0 Å². The molecule has 15 heavy (non-hydrogen) atoms. The summed E-state index contributed by atoms with van der Waals surface area (Å²) in [6.07, 6.45) is 4.84. The van der Waals surface area contributed by atoms with Gasteiger partial charge in [-0.05, 0) is 32.2 Å². The first-order valence-corrected chi connectivity index (χ1v) is 5.96. The normalized spacial score (nSPS) is 35.7. The number of carbonyl (C=O) groups is 1. The topological polar surface area (TPSA) is 61.4 Å². The second-order valence-corrected chi connectivity index (χ2v) is 4.65. The van der Waals surface area contributed by atoms with Crippen molar-refractivity contribution in [1.82, 2.24) is 10.6 Å². The molecule has 3 atom stereocenters. The van der Waals surface area contributed by atoms with Gasteiger partial charge in [-0.2, -0.15) is 0 Å². The van der Waals surface area contributed by atoms with E-state index in [9.17, 15) is 9.90 Å². The highest BCUT2D eigenvalue weighted by Crippen LogP contribution is 2.24. The standard InChI is InChI=1S/C11H20N2O2/c14-10-5-1-3-8(10)7-13-11(15)9-4-2-6-12-9/h8-10,12,14H,1-7H2,(H,13,15)/t8?,9-,10?/m0/s1. The third-order valence-corrected chi connectivity index (χ3v) is 3.53. The van der Waals surface area contributed by atoms with Gasteiger partial charge in [-0.25, -0.2) is 0 Å². The van der Waals surface area contributed by atoms with Crippen molar-refractivity contribution in [3.8, 4) is 0 Å². The van der Waals surface area contributed by atoms with E-state index in [1.54, 1.807) is 0 Å². The molecule has 1 heterocycles. The van der Waals surface area contributed by atoms with Crippen LogP contribution in [-0.2, 0) is 4.79 Å². The van der Waals surface area contributed by atoms with Crippen LogP contribution >= 0.6 is 0 Å². The SMILES string of the molecule is O=C(NCC1CCCC1O)[C@@H]1CCCN1. The molecule has 3 N–H and O–H groups in total. The highest BCUT2D eigenvalue weighted by Gasteiger charge is 2.27. The molecule has 2 rings (SSSR count). The van der Waals surface area contributed by atoms with Crippen molar-refractivity contribution in [3.05, 3.63) is 0 Å². The number of rotatable bonds is 3. The van der Waals surface area contributed by atoms with E-state index >= 15 is 0 Å². The first-order chi connectivity index (χ1) is 7.27. The van der Waals surface area contributed by atoms with Gasteiger partial charge < -0.3 is 15.7 Å². The Morgan fingerprint density at radius 2 is 2.20 bits per heavy atom. The zero-order valence-electron chi connectivity index (χ0n) is 9.04. The van der Waals surface area contributed by atoms with Crippen LogP contribution in [0.1, 0.15) is 32.1 Å². The molecule has 1 amide bonds. The van der Waals surface area contributed by atoms with E-state index in [4.69, 9.17) is 0 Å². The lowest BCUT2D eigenvalue weighted by molar-refractivity contribution is -0.123. The minimum atomic E-state index is -0.207. The maximum Gasteiger partial charge on any atom is 0.237 e. The molecule has 0 radical (unpaired) electrons. The van der Waals surface area contributed by atoms with Gasteiger partial charge in [-0.1, -0.05) is 6.42 Å². The molecule has 2 fully saturated rings. The summed E-state index contributed by atoms with van der Waals surface area (Å²) in [4.78, 5) is 11.7. The second kappa shape index (κ2) is 4.94. The molecule has 86 valence electrons. The Morgan fingerprint density at radius 1 is 1.33 bits per heavy atom. The summed E-state index contributed by atoms with van der Waals surface area (Å²) in [6, 6.07) is 0.00328. The van der Waals surface area contributed by atoms with Crippen LogP contribution in [0.5, 0.6) is 0 Å². The van der Waals surface area contributed by atoms with Crippen LogP contribution in [0, 0.1) is 5.92 Å². The van der Waals surface area contributed by atoms with Gasteiger partial charge in [0.25, 0.3) is 0 Å². The van der Waals surface area contributed by atoms with E-state index in [1.807, 2.05) is 0 Å². The predicted octanol–water partition coefficient (Wildman–Crippen LogP) is 0.0156. The Morgan fingerprint density at radius 3 is 2.80 bits per heavy atom. The van der Waals surface area contributed by atoms with Crippen molar-refractivity contribution >= 4 is 5.91 Å². The molecule has 1 aliphatic carbocycles. The maximum absolute atomic E-state index is 11.7. The fraction of sp³-hybridized carbons (Fsp3) is 0.909. The average Bonchev–Trinajstić information content (AvgIpc) is 2.85. The van der Waals surface area contributed by atoms with Crippen LogP contribution in [0.15, 0.2) is 0 Å². The highest BCUT2D eigenvalue weighted by molar-refractivity contribution is 5.81. The quantitative estimate of drug-likeness (QED) is 0.618. The molecule has 0 aromatic heterocycles. The molecule has 4 nitrogen and oxygen atoms in total. The minimum Gasteiger partial charge on any atom is -0.393 e. The van der Waals surface area contributed by atoms with E-state index in [2.05, 4.69) is 10.6 Å². The average molecular weight is 212 g/mol. The van der Waals surface area contributed by atoms with Crippen molar-refractivity contribution in [2.45, 2.75) is 44.2 Å². The van der Waals surface area contributed by atoms with Crippen molar-refractivity contribution in [2.24, 2.45) is 5.92 Å². The van der Waals surface area contributed by atoms with Crippen molar-refractivity contribution in [2.75, 3.05) is 13.1 Å². The van der Waals surface area contributed by atoms with Crippen molar-refractivity contribution < 1.29 is 9.90 Å². The van der Waals surface area contributed by atoms with E-state index in [0.29, 0.717) is 6.54 Å². The molecule has 2 unspecified atom stereocenters. The Balaban J connectivity index is 1.70. The van der Waals surface area contributed by atoms with Gasteiger partial charge >= 0.3 is 0 Å². The van der Waals surface area contributed by atoms with E-state index in [1.165, 1.54) is 0 Å². The molecular formula is C11H20N2O2. The molecule has 4 heteroatoms. The summed E-state index contributed by atoms with van der Waals surface area (Å²) >= 11 is 0. The molecule has 0 spiro atoms. The summed E-state index contributed by atoms with van der Waals surface area (Å²) in [7, 11) is 0. The molecule has 1 saturated carbocycles. The number of hydrogen-bond donors (Lipinski definition) is 3. The molecular weight excluding hydrogens is 192 g/mol. The molecule has 1 aliphatic heterocycles. The van der Waals surface area contributed by atoms with Crippen molar-refractivity contribution in [1.29, 1.82) is 0 Å². The fourth-order valence-electron chi connectivity index (χ4n) is 2.52. The fourth-order valence-corrected chi connectivity index (χ4v) is 2.52. The van der Waals surface area contributed by atoms with Gasteiger partial charge in [0.15, 0.2) is 0 Å². The van der Waals surface area contributed by atoms with Crippen molar-refractivity contribution in [3.63, 3.8) is 0 Å². The van der Waals surface area contributed by atoms with Gasteiger partial charge in [0, 0.05) is 12.5 Å². The van der Waals surface area contributed by atoms with E-state index in [0.717, 1.165) is 38.6 Å². The number of aliphatic hydroxyl groups excluding tert-OH is 1.